The van der Waals surface area contributed by atoms with Crippen molar-refractivity contribution in [3.05, 3.63) is 68.3 Å². The highest BCUT2D eigenvalue weighted by Crippen LogP contribution is 2.39. The highest BCUT2D eigenvalue weighted by atomic mass is 35.5. The van der Waals surface area contributed by atoms with Crippen LogP contribution in [-0.4, -0.2) is 16.9 Å². The average molecular weight is 375 g/mol. The number of carbonyl (C=O) groups excluding carboxylic acids is 1. The summed E-state index contributed by atoms with van der Waals surface area (Å²) in [6, 6.07) is 8.50. The molecule has 2 N–H and O–H groups in total. The van der Waals surface area contributed by atoms with Gasteiger partial charge in [-0.05, 0) is 55.4 Å². The molecular weight excluding hydrogens is 355 g/mol. The molecule has 0 radical (unpaired) electrons. The Kier molecular flexibility index (Phi) is 4.57. The highest BCUT2D eigenvalue weighted by Gasteiger charge is 2.29. The van der Waals surface area contributed by atoms with Gasteiger partial charge >= 0.3 is 0 Å². The summed E-state index contributed by atoms with van der Waals surface area (Å²) in [5, 5.41) is 3.02. The molecule has 1 amide bonds. The standard InChI is InChI=1S/C20H20ClFN2O2/c21-16-9-12(3-6-17(16)22)15(10-13-4-8-19(25)23-13)18-7-5-14(11-1-2-11)20(26)24-18/h3,5-7,9,11,13,15H,1-2,4,8,10H2,(H,23,25)(H,24,26)/t13-,15?/m1/s1. The number of amides is 1. The summed E-state index contributed by atoms with van der Waals surface area (Å²) in [6.07, 6.45) is 4.03. The second-order valence-electron chi connectivity index (χ2n) is 7.24. The summed E-state index contributed by atoms with van der Waals surface area (Å²) in [5.74, 6) is -0.220. The van der Waals surface area contributed by atoms with E-state index in [4.69, 9.17) is 11.6 Å². The second kappa shape index (κ2) is 6.88. The van der Waals surface area contributed by atoms with Crippen molar-refractivity contribution in [3.8, 4) is 0 Å². The number of H-pyrrole nitrogens is 1. The first-order chi connectivity index (χ1) is 12.5. The third-order valence-corrected chi connectivity index (χ3v) is 5.60. The lowest BCUT2D eigenvalue weighted by Crippen LogP contribution is -2.28. The lowest BCUT2D eigenvalue weighted by atomic mass is 9.88. The normalized spacial score (nSPS) is 20.8. The zero-order valence-corrected chi connectivity index (χ0v) is 15.0. The minimum Gasteiger partial charge on any atom is -0.353 e. The number of aromatic nitrogens is 1. The van der Waals surface area contributed by atoms with Crippen LogP contribution >= 0.6 is 11.6 Å². The molecule has 2 aliphatic rings. The van der Waals surface area contributed by atoms with E-state index in [1.807, 2.05) is 12.1 Å². The van der Waals surface area contributed by atoms with Crippen molar-refractivity contribution in [2.45, 2.75) is 50.0 Å². The molecule has 1 saturated carbocycles. The Balaban J connectivity index is 1.69. The smallest absolute Gasteiger partial charge is 0.251 e. The second-order valence-corrected chi connectivity index (χ2v) is 7.64. The first-order valence-electron chi connectivity index (χ1n) is 8.98. The molecule has 2 atom stereocenters. The van der Waals surface area contributed by atoms with Crippen LogP contribution in [0.25, 0.3) is 0 Å². The van der Waals surface area contributed by atoms with Crippen LogP contribution in [0.15, 0.2) is 35.1 Å². The number of carbonyl (C=O) groups is 1. The molecule has 6 heteroatoms. The van der Waals surface area contributed by atoms with E-state index in [0.717, 1.165) is 36.1 Å². The summed E-state index contributed by atoms with van der Waals surface area (Å²) < 4.78 is 13.6. The fourth-order valence-corrected chi connectivity index (χ4v) is 3.92. The summed E-state index contributed by atoms with van der Waals surface area (Å²) >= 11 is 5.97. The molecule has 0 bridgehead atoms. The summed E-state index contributed by atoms with van der Waals surface area (Å²) in [4.78, 5) is 27.0. The van der Waals surface area contributed by atoms with Crippen molar-refractivity contribution in [1.29, 1.82) is 0 Å². The zero-order chi connectivity index (χ0) is 18.3. The maximum atomic E-state index is 13.6. The lowest BCUT2D eigenvalue weighted by molar-refractivity contribution is -0.119. The highest BCUT2D eigenvalue weighted by molar-refractivity contribution is 6.30. The van der Waals surface area contributed by atoms with Gasteiger partial charge in [0.2, 0.25) is 5.91 Å². The third-order valence-electron chi connectivity index (χ3n) is 5.31. The van der Waals surface area contributed by atoms with Gasteiger partial charge in [0, 0.05) is 29.6 Å². The van der Waals surface area contributed by atoms with Crippen LogP contribution in [0.4, 0.5) is 4.39 Å². The van der Waals surface area contributed by atoms with E-state index in [9.17, 15) is 14.0 Å². The molecule has 1 saturated heterocycles. The minimum absolute atomic E-state index is 0.0305. The number of aromatic amines is 1. The Morgan fingerprint density at radius 3 is 2.58 bits per heavy atom. The van der Waals surface area contributed by atoms with Crippen LogP contribution in [0.2, 0.25) is 5.02 Å². The number of pyridine rings is 1. The van der Waals surface area contributed by atoms with Crippen molar-refractivity contribution in [1.82, 2.24) is 10.3 Å². The van der Waals surface area contributed by atoms with Gasteiger partial charge in [-0.2, -0.15) is 0 Å². The molecule has 4 nitrogen and oxygen atoms in total. The molecular formula is C20H20ClFN2O2. The predicted molar refractivity (Wildman–Crippen MR) is 98.1 cm³/mol. The van der Waals surface area contributed by atoms with Gasteiger partial charge in [-0.3, -0.25) is 9.59 Å². The van der Waals surface area contributed by atoms with E-state index in [1.54, 1.807) is 12.1 Å². The van der Waals surface area contributed by atoms with E-state index in [1.165, 1.54) is 6.07 Å². The Morgan fingerprint density at radius 2 is 1.96 bits per heavy atom. The molecule has 1 aromatic carbocycles. The first kappa shape index (κ1) is 17.3. The first-order valence-corrected chi connectivity index (χ1v) is 9.36. The van der Waals surface area contributed by atoms with Crippen molar-refractivity contribution in [3.63, 3.8) is 0 Å². The van der Waals surface area contributed by atoms with Gasteiger partial charge in [-0.25, -0.2) is 4.39 Å². The Labute approximate surface area is 155 Å². The van der Waals surface area contributed by atoms with Gasteiger partial charge in [0.05, 0.1) is 5.02 Å². The fraction of sp³-hybridized carbons (Fsp3) is 0.400. The minimum atomic E-state index is -0.471. The average Bonchev–Trinajstić information content (AvgIpc) is 3.37. The summed E-state index contributed by atoms with van der Waals surface area (Å²) in [5.41, 5.74) is 2.37. The van der Waals surface area contributed by atoms with E-state index in [2.05, 4.69) is 10.3 Å². The molecule has 26 heavy (non-hydrogen) atoms. The summed E-state index contributed by atoms with van der Waals surface area (Å²) in [6.45, 7) is 0. The SMILES string of the molecule is O=C1CC[C@H](CC(c2ccc(F)c(Cl)c2)c2ccc(C3CC3)c(=O)[nH]2)N1. The van der Waals surface area contributed by atoms with Crippen molar-refractivity contribution < 1.29 is 9.18 Å². The molecule has 0 spiro atoms. The predicted octanol–water partition coefficient (Wildman–Crippen LogP) is 3.85. The summed E-state index contributed by atoms with van der Waals surface area (Å²) in [7, 11) is 0. The van der Waals surface area contributed by atoms with Gasteiger partial charge in [0.25, 0.3) is 5.56 Å². The van der Waals surface area contributed by atoms with Crippen LogP contribution in [0.1, 0.15) is 60.8 Å². The van der Waals surface area contributed by atoms with Gasteiger partial charge in [-0.15, -0.1) is 0 Å². The van der Waals surface area contributed by atoms with Gasteiger partial charge in [-0.1, -0.05) is 23.7 Å². The van der Waals surface area contributed by atoms with E-state index in [0.29, 0.717) is 18.8 Å². The Hall–Kier alpha value is -2.14. The van der Waals surface area contributed by atoms with Crippen LogP contribution in [0.5, 0.6) is 0 Å². The third kappa shape index (κ3) is 3.54. The van der Waals surface area contributed by atoms with E-state index < -0.39 is 5.82 Å². The number of benzene rings is 1. The Bertz CT molecular complexity index is 907. The molecule has 4 rings (SSSR count). The quantitative estimate of drug-likeness (QED) is 0.835. The van der Waals surface area contributed by atoms with Crippen LogP contribution < -0.4 is 10.9 Å². The van der Waals surface area contributed by atoms with Crippen LogP contribution in [-0.2, 0) is 4.79 Å². The van der Waals surface area contributed by atoms with Crippen molar-refractivity contribution >= 4 is 17.5 Å². The topological polar surface area (TPSA) is 62.0 Å². The lowest BCUT2D eigenvalue weighted by Gasteiger charge is -2.22. The van der Waals surface area contributed by atoms with Gasteiger partial charge in [0.15, 0.2) is 0 Å². The molecule has 1 aromatic heterocycles. The molecule has 2 heterocycles. The van der Waals surface area contributed by atoms with Crippen LogP contribution in [0, 0.1) is 5.82 Å². The number of hydrogen-bond donors (Lipinski definition) is 2. The number of nitrogens with one attached hydrogen (secondary N) is 2. The maximum Gasteiger partial charge on any atom is 0.251 e. The molecule has 136 valence electrons. The number of rotatable bonds is 5. The largest absolute Gasteiger partial charge is 0.353 e. The number of hydrogen-bond acceptors (Lipinski definition) is 2. The zero-order valence-electron chi connectivity index (χ0n) is 14.2. The number of halogens is 2. The molecule has 1 aliphatic heterocycles. The molecule has 2 fully saturated rings. The molecule has 1 unspecified atom stereocenters. The van der Waals surface area contributed by atoms with Gasteiger partial charge < -0.3 is 10.3 Å². The Morgan fingerprint density at radius 1 is 1.15 bits per heavy atom. The molecule has 1 aliphatic carbocycles. The van der Waals surface area contributed by atoms with E-state index >= 15 is 0 Å². The monoisotopic (exact) mass is 374 g/mol. The van der Waals surface area contributed by atoms with Gasteiger partial charge in [0.1, 0.15) is 5.82 Å². The van der Waals surface area contributed by atoms with Crippen LogP contribution in [0.3, 0.4) is 0 Å². The van der Waals surface area contributed by atoms with E-state index in [-0.39, 0.29) is 28.4 Å². The van der Waals surface area contributed by atoms with Crippen molar-refractivity contribution in [2.24, 2.45) is 0 Å². The van der Waals surface area contributed by atoms with Crippen molar-refractivity contribution in [2.75, 3.05) is 0 Å². The molecule has 2 aromatic rings. The fourth-order valence-electron chi connectivity index (χ4n) is 3.73. The maximum absolute atomic E-state index is 13.6.